The number of halogens is 3. The third-order valence-electron chi connectivity index (χ3n) is 4.74. The zero-order chi connectivity index (χ0) is 23.1. The molecule has 0 unspecified atom stereocenters. The van der Waals surface area contributed by atoms with Crippen molar-refractivity contribution in [1.82, 2.24) is 10.3 Å². The molecular formula is C23H12Cl3N3O2S2. The number of nitrogens with one attached hydrogen (secondary N) is 2. The smallest absolute Gasteiger partial charge is 0.269 e. The second-order valence-corrected chi connectivity index (χ2v) is 9.72. The van der Waals surface area contributed by atoms with E-state index in [0.717, 1.165) is 15.6 Å². The molecule has 0 spiro atoms. The summed E-state index contributed by atoms with van der Waals surface area (Å²) in [6, 6.07) is 17.9. The summed E-state index contributed by atoms with van der Waals surface area (Å²) in [4.78, 5) is 17.6. The quantitative estimate of drug-likeness (QED) is 0.232. The number of nitrogens with zero attached hydrogens (tertiary/aromatic N) is 1. The molecule has 2 aromatic heterocycles. The second-order valence-electron chi connectivity index (χ2n) is 7.01. The maximum Gasteiger partial charge on any atom is 0.269 e. The van der Waals surface area contributed by atoms with Gasteiger partial charge in [0.25, 0.3) is 5.91 Å². The lowest BCUT2D eigenvalue weighted by Crippen LogP contribution is -2.33. The predicted octanol–water partition coefficient (Wildman–Crippen LogP) is 7.80. The van der Waals surface area contributed by atoms with Gasteiger partial charge in [0.05, 0.1) is 5.02 Å². The van der Waals surface area contributed by atoms with E-state index in [4.69, 9.17) is 51.4 Å². The molecule has 0 saturated heterocycles. The Kier molecular flexibility index (Phi) is 5.99. The van der Waals surface area contributed by atoms with Crippen LogP contribution in [0, 0.1) is 0 Å². The van der Waals surface area contributed by atoms with E-state index in [9.17, 15) is 4.79 Å². The molecule has 0 fully saturated rings. The minimum Gasteiger partial charge on any atom is -0.436 e. The fourth-order valence-electron chi connectivity index (χ4n) is 3.26. The summed E-state index contributed by atoms with van der Waals surface area (Å²) in [5, 5.41) is 8.09. The lowest BCUT2D eigenvalue weighted by Gasteiger charge is -2.08. The predicted molar refractivity (Wildman–Crippen MR) is 140 cm³/mol. The van der Waals surface area contributed by atoms with E-state index in [1.54, 1.807) is 48.5 Å². The van der Waals surface area contributed by atoms with Crippen LogP contribution in [-0.4, -0.2) is 16.0 Å². The summed E-state index contributed by atoms with van der Waals surface area (Å²) in [6.07, 6.45) is 0. The van der Waals surface area contributed by atoms with Gasteiger partial charge in [-0.15, -0.1) is 11.3 Å². The number of amides is 1. The highest BCUT2D eigenvalue weighted by Crippen LogP contribution is 2.36. The van der Waals surface area contributed by atoms with Gasteiger partial charge in [0.2, 0.25) is 5.89 Å². The Morgan fingerprint density at radius 3 is 2.64 bits per heavy atom. The summed E-state index contributed by atoms with van der Waals surface area (Å²) in [7, 11) is 0. The molecular weight excluding hydrogens is 521 g/mol. The van der Waals surface area contributed by atoms with E-state index in [1.807, 2.05) is 12.1 Å². The Bertz CT molecular complexity index is 1560. The molecule has 5 nitrogen and oxygen atoms in total. The van der Waals surface area contributed by atoms with Crippen molar-refractivity contribution >= 4 is 96.3 Å². The Morgan fingerprint density at radius 1 is 1.00 bits per heavy atom. The molecule has 0 aliphatic rings. The van der Waals surface area contributed by atoms with Crippen LogP contribution in [0.3, 0.4) is 0 Å². The first-order chi connectivity index (χ1) is 15.9. The first-order valence-electron chi connectivity index (χ1n) is 9.54. The molecule has 33 heavy (non-hydrogen) atoms. The largest absolute Gasteiger partial charge is 0.436 e. The average molecular weight is 533 g/mol. The number of carbonyl (C=O) groups is 1. The number of hydrogen-bond donors (Lipinski definition) is 2. The van der Waals surface area contributed by atoms with Gasteiger partial charge in [0.15, 0.2) is 10.7 Å². The van der Waals surface area contributed by atoms with Gasteiger partial charge in [-0.3, -0.25) is 10.1 Å². The maximum atomic E-state index is 12.7. The van der Waals surface area contributed by atoms with Gasteiger partial charge >= 0.3 is 0 Å². The van der Waals surface area contributed by atoms with E-state index in [2.05, 4.69) is 15.6 Å². The van der Waals surface area contributed by atoms with Crippen molar-refractivity contribution < 1.29 is 9.21 Å². The lowest BCUT2D eigenvalue weighted by atomic mass is 10.2. The van der Waals surface area contributed by atoms with E-state index >= 15 is 0 Å². The van der Waals surface area contributed by atoms with Crippen molar-refractivity contribution in [3.63, 3.8) is 0 Å². The van der Waals surface area contributed by atoms with Crippen molar-refractivity contribution in [2.24, 2.45) is 0 Å². The normalized spacial score (nSPS) is 11.1. The topological polar surface area (TPSA) is 67.2 Å². The van der Waals surface area contributed by atoms with Gasteiger partial charge in [-0.05, 0) is 60.7 Å². The third kappa shape index (κ3) is 4.55. The summed E-state index contributed by atoms with van der Waals surface area (Å²) >= 11 is 25.1. The molecule has 0 bridgehead atoms. The number of fused-ring (bicyclic) bond motifs is 2. The van der Waals surface area contributed by atoms with E-state index < -0.39 is 5.91 Å². The fraction of sp³-hybridized carbons (Fsp3) is 0. The SMILES string of the molecule is O=C(NC(=S)Nc1ccc2oc(-c3cccc(Cl)c3)nc2c1)c1sc2cc(Cl)ccc2c1Cl. The van der Waals surface area contributed by atoms with Crippen LogP contribution in [0.1, 0.15) is 9.67 Å². The Morgan fingerprint density at radius 2 is 1.82 bits per heavy atom. The van der Waals surface area contributed by atoms with Crippen molar-refractivity contribution in [2.45, 2.75) is 0 Å². The number of thiophene rings is 1. The maximum absolute atomic E-state index is 12.7. The van der Waals surface area contributed by atoms with Crippen LogP contribution < -0.4 is 10.6 Å². The van der Waals surface area contributed by atoms with Gasteiger partial charge in [0.1, 0.15) is 10.4 Å². The molecule has 3 aromatic carbocycles. The van der Waals surface area contributed by atoms with Crippen molar-refractivity contribution in [1.29, 1.82) is 0 Å². The Balaban J connectivity index is 1.33. The third-order valence-corrected chi connectivity index (χ3v) is 7.07. The number of anilines is 1. The highest BCUT2D eigenvalue weighted by Gasteiger charge is 2.18. The lowest BCUT2D eigenvalue weighted by molar-refractivity contribution is 0.0982. The number of benzene rings is 3. The van der Waals surface area contributed by atoms with E-state index in [0.29, 0.717) is 42.6 Å². The first-order valence-corrected chi connectivity index (χ1v) is 11.9. The van der Waals surface area contributed by atoms with Crippen molar-refractivity contribution in [3.8, 4) is 11.5 Å². The zero-order valence-corrected chi connectivity index (χ0v) is 20.4. The van der Waals surface area contributed by atoms with Gasteiger partial charge in [0, 0.05) is 31.4 Å². The van der Waals surface area contributed by atoms with Gasteiger partial charge in [-0.2, -0.15) is 0 Å². The minimum atomic E-state index is -0.402. The second kappa shape index (κ2) is 8.93. The summed E-state index contributed by atoms with van der Waals surface area (Å²) in [5.41, 5.74) is 2.67. The van der Waals surface area contributed by atoms with Crippen LogP contribution in [0.4, 0.5) is 5.69 Å². The number of rotatable bonds is 3. The van der Waals surface area contributed by atoms with Crippen LogP contribution in [0.2, 0.25) is 15.1 Å². The highest BCUT2D eigenvalue weighted by atomic mass is 35.5. The average Bonchev–Trinajstić information content (AvgIpc) is 3.34. The minimum absolute atomic E-state index is 0.129. The number of carbonyl (C=O) groups excluding carboxylic acids is 1. The van der Waals surface area contributed by atoms with Crippen LogP contribution in [0.15, 0.2) is 65.1 Å². The van der Waals surface area contributed by atoms with Gasteiger partial charge < -0.3 is 9.73 Å². The van der Waals surface area contributed by atoms with Crippen molar-refractivity contribution in [2.75, 3.05) is 5.32 Å². The van der Waals surface area contributed by atoms with E-state index in [-0.39, 0.29) is 5.11 Å². The van der Waals surface area contributed by atoms with Gasteiger partial charge in [-0.1, -0.05) is 46.9 Å². The molecule has 164 valence electrons. The molecule has 0 aliphatic heterocycles. The first kappa shape index (κ1) is 22.1. The molecule has 5 rings (SSSR count). The Hall–Kier alpha value is -2.68. The molecule has 10 heteroatoms. The molecule has 0 atom stereocenters. The van der Waals surface area contributed by atoms with Gasteiger partial charge in [-0.25, -0.2) is 4.98 Å². The number of thiocarbonyl (C=S) groups is 1. The van der Waals surface area contributed by atoms with Crippen LogP contribution >= 0.6 is 58.4 Å². The Labute approximate surface area is 212 Å². The monoisotopic (exact) mass is 531 g/mol. The molecule has 2 N–H and O–H groups in total. The molecule has 0 radical (unpaired) electrons. The molecule has 0 aliphatic carbocycles. The summed E-state index contributed by atoms with van der Waals surface area (Å²) < 4.78 is 6.64. The molecule has 5 aromatic rings. The number of oxazole rings is 1. The van der Waals surface area contributed by atoms with Crippen LogP contribution in [-0.2, 0) is 0 Å². The zero-order valence-electron chi connectivity index (χ0n) is 16.5. The van der Waals surface area contributed by atoms with Crippen molar-refractivity contribution in [3.05, 3.63) is 80.6 Å². The number of aromatic nitrogens is 1. The number of hydrogen-bond acceptors (Lipinski definition) is 5. The van der Waals surface area contributed by atoms with E-state index in [1.165, 1.54) is 11.3 Å². The highest BCUT2D eigenvalue weighted by molar-refractivity contribution is 7.80. The standard InChI is InChI=1S/C23H12Cl3N3O2S2/c24-12-3-1-2-11(8-12)22-28-16-10-14(5-7-17(16)31-22)27-23(32)29-21(30)20-19(26)15-6-4-13(25)9-18(15)33-20/h1-10H,(H2,27,29,30,32). The summed E-state index contributed by atoms with van der Waals surface area (Å²) in [5.74, 6) is 0.0561. The summed E-state index contributed by atoms with van der Waals surface area (Å²) in [6.45, 7) is 0. The molecule has 1 amide bonds. The van der Waals surface area contributed by atoms with Crippen LogP contribution in [0.25, 0.3) is 32.6 Å². The molecule has 2 heterocycles. The molecule has 0 saturated carbocycles. The fourth-order valence-corrected chi connectivity index (χ4v) is 5.35. The van der Waals surface area contributed by atoms with Crippen LogP contribution in [0.5, 0.6) is 0 Å².